The van der Waals surface area contributed by atoms with E-state index in [0.717, 1.165) is 13.0 Å². The van der Waals surface area contributed by atoms with Gasteiger partial charge in [-0.1, -0.05) is 13.0 Å². The Bertz CT molecular complexity index is 1190. The molecule has 33 heavy (non-hydrogen) atoms. The highest BCUT2D eigenvalue weighted by Crippen LogP contribution is 2.32. The highest BCUT2D eigenvalue weighted by molar-refractivity contribution is 6.10. The molecule has 1 aliphatic heterocycles. The van der Waals surface area contributed by atoms with E-state index in [2.05, 4.69) is 27.4 Å². The number of rotatable bonds is 8. The molecule has 0 unspecified atom stereocenters. The van der Waals surface area contributed by atoms with E-state index in [4.69, 9.17) is 10.1 Å². The van der Waals surface area contributed by atoms with Gasteiger partial charge in [-0.2, -0.15) is 0 Å². The van der Waals surface area contributed by atoms with Gasteiger partial charge in [0.25, 0.3) is 5.91 Å². The largest absolute Gasteiger partial charge is 0.465 e. The summed E-state index contributed by atoms with van der Waals surface area (Å²) in [7, 11) is 1.87. The van der Waals surface area contributed by atoms with Crippen molar-refractivity contribution in [2.75, 3.05) is 23.4 Å². The Balaban J connectivity index is 1.70. The first-order valence-electron chi connectivity index (χ1n) is 10.8. The van der Waals surface area contributed by atoms with Gasteiger partial charge < -0.3 is 19.9 Å². The van der Waals surface area contributed by atoms with Gasteiger partial charge in [0.1, 0.15) is 23.7 Å². The molecule has 11 heteroatoms. The molecule has 3 aromatic rings. The van der Waals surface area contributed by atoms with Crippen LogP contribution in [-0.2, 0) is 19.6 Å². The fraction of sp³-hybridized carbons (Fsp3) is 0.364. The fourth-order valence-corrected chi connectivity index (χ4v) is 3.76. The second kappa shape index (κ2) is 9.23. The van der Waals surface area contributed by atoms with Crippen LogP contribution in [0.5, 0.6) is 0 Å². The standard InChI is InChI=1S/C22H26N8O3/c1-4-9-29-13-24-27-20(29)16-7-6-8-18(25-16)30-12-15-14(21(30)31)10-19(28(3)5-2)26-17(15)11-23-22(32)33/h6-8,10,13,23H,4-5,9,11-12H2,1-3H3,(H,32,33). The van der Waals surface area contributed by atoms with Gasteiger partial charge in [0.05, 0.1) is 24.3 Å². The van der Waals surface area contributed by atoms with E-state index in [9.17, 15) is 9.59 Å². The molecule has 0 aliphatic carbocycles. The van der Waals surface area contributed by atoms with Gasteiger partial charge in [-0.25, -0.2) is 14.8 Å². The third kappa shape index (κ3) is 4.34. The SMILES string of the molecule is CCCn1cnnc1-c1cccc(N2Cc3c(cc(N(C)CC)nc3CNC(=O)O)C2=O)n1. The van der Waals surface area contributed by atoms with Crippen LogP contribution in [-0.4, -0.2) is 55.4 Å². The second-order valence-electron chi connectivity index (χ2n) is 7.75. The molecule has 0 aromatic carbocycles. The summed E-state index contributed by atoms with van der Waals surface area (Å²) in [6.45, 7) is 5.77. The summed E-state index contributed by atoms with van der Waals surface area (Å²) >= 11 is 0. The smallest absolute Gasteiger partial charge is 0.404 e. The Labute approximate surface area is 191 Å². The average molecular weight is 451 g/mol. The van der Waals surface area contributed by atoms with E-state index >= 15 is 0 Å². The summed E-state index contributed by atoms with van der Waals surface area (Å²) in [4.78, 5) is 37.3. The molecule has 0 fully saturated rings. The maximum absolute atomic E-state index is 13.4. The molecule has 2 N–H and O–H groups in total. The van der Waals surface area contributed by atoms with E-state index in [1.54, 1.807) is 23.4 Å². The van der Waals surface area contributed by atoms with Crippen LogP contribution in [0.3, 0.4) is 0 Å². The molecule has 0 spiro atoms. The number of anilines is 2. The Kier molecular flexibility index (Phi) is 6.20. The third-order valence-corrected chi connectivity index (χ3v) is 5.58. The van der Waals surface area contributed by atoms with Crippen molar-refractivity contribution in [1.29, 1.82) is 0 Å². The van der Waals surface area contributed by atoms with Gasteiger partial charge in [-0.3, -0.25) is 9.69 Å². The van der Waals surface area contributed by atoms with Gasteiger partial charge in [0.15, 0.2) is 5.82 Å². The quantitative estimate of drug-likeness (QED) is 0.536. The second-order valence-corrected chi connectivity index (χ2v) is 7.75. The highest BCUT2D eigenvalue weighted by Gasteiger charge is 2.33. The lowest BCUT2D eigenvalue weighted by molar-refractivity contribution is 0.0996. The molecular formula is C22H26N8O3. The summed E-state index contributed by atoms with van der Waals surface area (Å²) in [5, 5.41) is 19.6. The molecule has 0 bridgehead atoms. The monoisotopic (exact) mass is 450 g/mol. The van der Waals surface area contributed by atoms with Crippen molar-refractivity contribution in [2.24, 2.45) is 0 Å². The first-order valence-corrected chi connectivity index (χ1v) is 10.8. The molecular weight excluding hydrogens is 424 g/mol. The van der Waals surface area contributed by atoms with Crippen molar-refractivity contribution < 1.29 is 14.7 Å². The minimum absolute atomic E-state index is 0.0117. The molecule has 1 aliphatic rings. The van der Waals surface area contributed by atoms with Crippen LogP contribution < -0.4 is 15.1 Å². The summed E-state index contributed by atoms with van der Waals surface area (Å²) in [6.07, 6.45) is 1.45. The molecule has 11 nitrogen and oxygen atoms in total. The van der Waals surface area contributed by atoms with Crippen molar-refractivity contribution in [2.45, 2.75) is 39.9 Å². The van der Waals surface area contributed by atoms with Crippen molar-refractivity contribution >= 4 is 23.6 Å². The molecule has 3 aromatic heterocycles. The van der Waals surface area contributed by atoms with Crippen LogP contribution >= 0.6 is 0 Å². The predicted octanol–water partition coefficient (Wildman–Crippen LogP) is 2.53. The first kappa shape index (κ1) is 22.2. The summed E-state index contributed by atoms with van der Waals surface area (Å²) < 4.78 is 1.93. The van der Waals surface area contributed by atoms with E-state index in [-0.39, 0.29) is 19.0 Å². The number of carbonyl (C=O) groups is 2. The Morgan fingerprint density at radius 3 is 2.82 bits per heavy atom. The first-order chi connectivity index (χ1) is 15.9. The van der Waals surface area contributed by atoms with E-state index in [1.807, 2.05) is 35.6 Å². The number of hydrogen-bond acceptors (Lipinski definition) is 7. The molecule has 0 atom stereocenters. The number of carboxylic acid groups (broad SMARTS) is 1. The van der Waals surface area contributed by atoms with Crippen molar-refractivity contribution in [3.05, 3.63) is 47.4 Å². The molecule has 4 heterocycles. The zero-order valence-corrected chi connectivity index (χ0v) is 18.8. The van der Waals surface area contributed by atoms with Crippen LogP contribution in [0.15, 0.2) is 30.6 Å². The van der Waals surface area contributed by atoms with Crippen LogP contribution in [0.2, 0.25) is 0 Å². The Hall–Kier alpha value is -4.02. The zero-order chi connectivity index (χ0) is 23.5. The lowest BCUT2D eigenvalue weighted by Crippen LogP contribution is -2.24. The number of fused-ring (bicyclic) bond motifs is 1. The van der Waals surface area contributed by atoms with E-state index in [1.165, 1.54) is 0 Å². The van der Waals surface area contributed by atoms with Gasteiger partial charge in [0, 0.05) is 25.7 Å². The van der Waals surface area contributed by atoms with Crippen molar-refractivity contribution in [3.8, 4) is 11.5 Å². The van der Waals surface area contributed by atoms with Crippen molar-refractivity contribution in [1.82, 2.24) is 30.0 Å². The number of pyridine rings is 2. The minimum atomic E-state index is -1.15. The summed E-state index contributed by atoms with van der Waals surface area (Å²) in [6, 6.07) is 7.20. The number of aryl methyl sites for hydroxylation is 1. The summed E-state index contributed by atoms with van der Waals surface area (Å²) in [5.41, 5.74) is 2.35. The van der Waals surface area contributed by atoms with E-state index < -0.39 is 6.09 Å². The maximum atomic E-state index is 13.4. The number of amides is 2. The number of hydrogen-bond donors (Lipinski definition) is 2. The number of aromatic nitrogens is 5. The Morgan fingerprint density at radius 1 is 1.27 bits per heavy atom. The van der Waals surface area contributed by atoms with Crippen molar-refractivity contribution in [3.63, 3.8) is 0 Å². The molecule has 172 valence electrons. The molecule has 2 amide bonds. The molecule has 4 rings (SSSR count). The third-order valence-electron chi connectivity index (χ3n) is 5.58. The number of nitrogens with zero attached hydrogens (tertiary/aromatic N) is 7. The zero-order valence-electron chi connectivity index (χ0n) is 18.8. The topological polar surface area (TPSA) is 129 Å². The molecule has 0 saturated heterocycles. The van der Waals surface area contributed by atoms with Gasteiger partial charge in [0.2, 0.25) is 0 Å². The normalized spacial score (nSPS) is 12.7. The Morgan fingerprint density at radius 2 is 2.09 bits per heavy atom. The summed E-state index contributed by atoms with van der Waals surface area (Å²) in [5.74, 6) is 1.54. The fourth-order valence-electron chi connectivity index (χ4n) is 3.76. The molecule has 0 saturated carbocycles. The lowest BCUT2D eigenvalue weighted by Gasteiger charge is -2.18. The predicted molar refractivity (Wildman–Crippen MR) is 122 cm³/mol. The minimum Gasteiger partial charge on any atom is -0.465 e. The number of carbonyl (C=O) groups excluding carboxylic acids is 1. The number of nitrogens with one attached hydrogen (secondary N) is 1. The van der Waals surface area contributed by atoms with Gasteiger partial charge >= 0.3 is 6.09 Å². The molecule has 0 radical (unpaired) electrons. The lowest BCUT2D eigenvalue weighted by atomic mass is 10.1. The highest BCUT2D eigenvalue weighted by atomic mass is 16.4. The van der Waals surface area contributed by atoms with Gasteiger partial charge in [-0.15, -0.1) is 10.2 Å². The van der Waals surface area contributed by atoms with Crippen LogP contribution in [0.1, 0.15) is 41.9 Å². The van der Waals surface area contributed by atoms with Crippen LogP contribution in [0.4, 0.5) is 16.4 Å². The van der Waals surface area contributed by atoms with Crippen LogP contribution in [0, 0.1) is 0 Å². The van der Waals surface area contributed by atoms with Gasteiger partial charge in [-0.05, 0) is 31.5 Å². The van der Waals surface area contributed by atoms with Crippen LogP contribution in [0.25, 0.3) is 11.5 Å². The maximum Gasteiger partial charge on any atom is 0.404 e. The van der Waals surface area contributed by atoms with E-state index in [0.29, 0.717) is 46.5 Å². The average Bonchev–Trinajstić information content (AvgIpc) is 3.42.